The third kappa shape index (κ3) is 2.43. The smallest absolute Gasteiger partial charge is 0.153 e. The van der Waals surface area contributed by atoms with Crippen LogP contribution in [0, 0.1) is 5.92 Å². The molecule has 1 fully saturated rings. The predicted octanol–water partition coefficient (Wildman–Crippen LogP) is 1.17. The van der Waals surface area contributed by atoms with E-state index in [1.165, 1.54) is 0 Å². The summed E-state index contributed by atoms with van der Waals surface area (Å²) in [6.07, 6.45) is 0.159. The molecule has 2 atom stereocenters. The van der Waals surface area contributed by atoms with Crippen molar-refractivity contribution < 1.29 is 12.8 Å². The van der Waals surface area contributed by atoms with Crippen molar-refractivity contribution >= 4 is 9.84 Å². The number of hydrogen-bond donors (Lipinski definition) is 0. The van der Waals surface area contributed by atoms with Crippen LogP contribution in [0.1, 0.15) is 19.8 Å². The number of sulfone groups is 1. The first-order valence-electron chi connectivity index (χ1n) is 3.86. The molecule has 1 aliphatic rings. The van der Waals surface area contributed by atoms with Gasteiger partial charge in [-0.15, -0.1) is 0 Å². The number of rotatable bonds is 0. The summed E-state index contributed by atoms with van der Waals surface area (Å²) in [4.78, 5) is 0. The summed E-state index contributed by atoms with van der Waals surface area (Å²) in [5.74, 6) is -0.196. The Morgan fingerprint density at radius 2 is 2.09 bits per heavy atom. The molecular formula is C7H13FO2S. The molecule has 0 radical (unpaired) electrons. The fraction of sp³-hybridized carbons (Fsp3) is 1.00. The van der Waals surface area contributed by atoms with Gasteiger partial charge in [-0.3, -0.25) is 0 Å². The van der Waals surface area contributed by atoms with Crippen molar-refractivity contribution in [3.05, 3.63) is 0 Å². The second kappa shape index (κ2) is 3.09. The van der Waals surface area contributed by atoms with Crippen LogP contribution in [0.4, 0.5) is 4.39 Å². The van der Waals surface area contributed by atoms with Gasteiger partial charge in [0.25, 0.3) is 0 Å². The summed E-state index contributed by atoms with van der Waals surface area (Å²) >= 11 is 0. The van der Waals surface area contributed by atoms with Gasteiger partial charge in [-0.05, 0) is 18.8 Å². The zero-order valence-electron chi connectivity index (χ0n) is 6.59. The van der Waals surface area contributed by atoms with Gasteiger partial charge in [0.15, 0.2) is 9.84 Å². The number of hydrogen-bond acceptors (Lipinski definition) is 2. The summed E-state index contributed by atoms with van der Waals surface area (Å²) in [5.41, 5.74) is 0. The van der Waals surface area contributed by atoms with Crippen molar-refractivity contribution in [3.8, 4) is 0 Å². The van der Waals surface area contributed by atoms with E-state index in [2.05, 4.69) is 0 Å². The van der Waals surface area contributed by atoms with E-state index in [4.69, 9.17) is 0 Å². The Hall–Kier alpha value is -0.120. The zero-order valence-corrected chi connectivity index (χ0v) is 7.40. The zero-order chi connectivity index (χ0) is 8.48. The van der Waals surface area contributed by atoms with Gasteiger partial charge in [-0.2, -0.15) is 0 Å². The Kier molecular flexibility index (Phi) is 2.52. The van der Waals surface area contributed by atoms with Crippen LogP contribution in [0.25, 0.3) is 0 Å². The van der Waals surface area contributed by atoms with E-state index >= 15 is 0 Å². The molecule has 0 spiro atoms. The van der Waals surface area contributed by atoms with E-state index in [0.717, 1.165) is 0 Å². The molecule has 4 heteroatoms. The number of halogens is 1. The summed E-state index contributed by atoms with van der Waals surface area (Å²) in [7, 11) is -3.08. The van der Waals surface area contributed by atoms with E-state index in [1.54, 1.807) is 6.92 Å². The van der Waals surface area contributed by atoms with Crippen molar-refractivity contribution in [2.75, 3.05) is 11.5 Å². The topological polar surface area (TPSA) is 34.1 Å². The first kappa shape index (κ1) is 8.97. The average molecular weight is 180 g/mol. The van der Waals surface area contributed by atoms with Crippen molar-refractivity contribution in [1.29, 1.82) is 0 Å². The van der Waals surface area contributed by atoms with Crippen molar-refractivity contribution in [2.24, 2.45) is 5.92 Å². The van der Waals surface area contributed by atoms with Crippen LogP contribution >= 0.6 is 0 Å². The fourth-order valence-electron chi connectivity index (χ4n) is 1.30. The van der Waals surface area contributed by atoms with Gasteiger partial charge in [0.1, 0.15) is 6.17 Å². The SMILES string of the molecule is CC1CCCS(=O)(=O)CC1F. The molecule has 0 aromatic carbocycles. The summed E-state index contributed by atoms with van der Waals surface area (Å²) in [5, 5.41) is 0. The van der Waals surface area contributed by atoms with Gasteiger partial charge in [-0.1, -0.05) is 6.92 Å². The van der Waals surface area contributed by atoms with Crippen molar-refractivity contribution in [1.82, 2.24) is 0 Å². The second-order valence-corrected chi connectivity index (χ2v) is 5.48. The molecule has 0 aromatic rings. The van der Waals surface area contributed by atoms with Gasteiger partial charge < -0.3 is 0 Å². The molecule has 11 heavy (non-hydrogen) atoms. The average Bonchev–Trinajstić information content (AvgIpc) is 1.93. The standard InChI is InChI=1S/C7H13FO2S/c1-6-3-2-4-11(9,10)5-7(6)8/h6-7H,2-5H2,1H3. The van der Waals surface area contributed by atoms with E-state index in [0.29, 0.717) is 12.8 Å². The molecule has 1 saturated heterocycles. The molecule has 1 heterocycles. The maximum atomic E-state index is 13.0. The van der Waals surface area contributed by atoms with E-state index < -0.39 is 16.0 Å². The number of alkyl halides is 1. The molecule has 2 unspecified atom stereocenters. The monoisotopic (exact) mass is 180 g/mol. The molecule has 1 aliphatic heterocycles. The molecule has 0 aliphatic carbocycles. The third-order valence-electron chi connectivity index (χ3n) is 2.15. The normalized spacial score (nSPS) is 38.0. The lowest BCUT2D eigenvalue weighted by Gasteiger charge is -2.10. The Bertz CT molecular complexity index is 223. The highest BCUT2D eigenvalue weighted by Gasteiger charge is 2.27. The molecule has 2 nitrogen and oxygen atoms in total. The van der Waals surface area contributed by atoms with Crippen molar-refractivity contribution in [2.45, 2.75) is 25.9 Å². The van der Waals surface area contributed by atoms with Crippen LogP contribution in [0.5, 0.6) is 0 Å². The van der Waals surface area contributed by atoms with E-state index in [9.17, 15) is 12.8 Å². The van der Waals surface area contributed by atoms with Gasteiger partial charge in [0.2, 0.25) is 0 Å². The lowest BCUT2D eigenvalue weighted by atomic mass is 10.0. The molecule has 66 valence electrons. The quantitative estimate of drug-likeness (QED) is 0.560. The highest BCUT2D eigenvalue weighted by molar-refractivity contribution is 7.91. The Morgan fingerprint density at radius 3 is 2.73 bits per heavy atom. The van der Waals surface area contributed by atoms with E-state index in [1.807, 2.05) is 0 Å². The van der Waals surface area contributed by atoms with Crippen molar-refractivity contribution in [3.63, 3.8) is 0 Å². The molecule has 0 aromatic heterocycles. The Morgan fingerprint density at radius 1 is 1.45 bits per heavy atom. The minimum atomic E-state index is -3.08. The lowest BCUT2D eigenvalue weighted by molar-refractivity contribution is 0.259. The minimum Gasteiger partial charge on any atom is -0.246 e. The lowest BCUT2D eigenvalue weighted by Crippen LogP contribution is -2.20. The highest BCUT2D eigenvalue weighted by atomic mass is 32.2. The maximum Gasteiger partial charge on any atom is 0.153 e. The Labute approximate surface area is 66.7 Å². The van der Waals surface area contributed by atoms with Crippen LogP contribution in [-0.2, 0) is 9.84 Å². The van der Waals surface area contributed by atoms with Gasteiger partial charge in [0, 0.05) is 0 Å². The van der Waals surface area contributed by atoms with Crippen LogP contribution in [0.2, 0.25) is 0 Å². The van der Waals surface area contributed by atoms with E-state index in [-0.39, 0.29) is 17.4 Å². The summed E-state index contributed by atoms with van der Waals surface area (Å²) in [6, 6.07) is 0. The summed E-state index contributed by atoms with van der Waals surface area (Å²) < 4.78 is 34.9. The molecule has 0 N–H and O–H groups in total. The fourth-order valence-corrected chi connectivity index (χ4v) is 2.88. The molecule has 0 saturated carbocycles. The molecule has 0 bridgehead atoms. The molecule has 1 rings (SSSR count). The largest absolute Gasteiger partial charge is 0.246 e. The van der Waals surface area contributed by atoms with Gasteiger partial charge in [0.05, 0.1) is 11.5 Å². The second-order valence-electron chi connectivity index (χ2n) is 3.25. The molecule has 0 amide bonds. The maximum absolute atomic E-state index is 13.0. The Balaban J connectivity index is 2.71. The van der Waals surface area contributed by atoms with Crippen LogP contribution in [0.3, 0.4) is 0 Å². The van der Waals surface area contributed by atoms with Crippen LogP contribution < -0.4 is 0 Å². The van der Waals surface area contributed by atoms with Crippen LogP contribution in [0.15, 0.2) is 0 Å². The predicted molar refractivity (Wildman–Crippen MR) is 41.9 cm³/mol. The van der Waals surface area contributed by atoms with Crippen LogP contribution in [-0.4, -0.2) is 26.1 Å². The summed E-state index contributed by atoms with van der Waals surface area (Å²) in [6.45, 7) is 1.77. The van der Waals surface area contributed by atoms with Gasteiger partial charge in [-0.25, -0.2) is 12.8 Å². The first-order chi connectivity index (χ1) is 5.01. The first-order valence-corrected chi connectivity index (χ1v) is 5.68. The van der Waals surface area contributed by atoms with Gasteiger partial charge >= 0.3 is 0 Å². The molecular weight excluding hydrogens is 167 g/mol. The highest BCUT2D eigenvalue weighted by Crippen LogP contribution is 2.20. The minimum absolute atomic E-state index is 0.0905. The third-order valence-corrected chi connectivity index (χ3v) is 3.88.